The molecule has 3 rings (SSSR count). The molecule has 2 heterocycles. The molecule has 1 saturated heterocycles. The van der Waals surface area contributed by atoms with Crippen LogP contribution in [0.1, 0.15) is 40.5 Å². The van der Waals surface area contributed by atoms with Gasteiger partial charge in [-0.25, -0.2) is 14.8 Å². The van der Waals surface area contributed by atoms with Crippen LogP contribution in [-0.2, 0) is 4.74 Å². The summed E-state index contributed by atoms with van der Waals surface area (Å²) in [5, 5.41) is 3.28. The zero-order valence-electron chi connectivity index (χ0n) is 18.1. The van der Waals surface area contributed by atoms with Crippen LogP contribution >= 0.6 is 11.8 Å². The SMILES string of the molecule is CCSc1ccc(Nc2cc(OC3CCN(C(=O)OC(C)(C)C)CC3)ncn2)cc1. The Labute approximate surface area is 182 Å². The molecule has 1 aromatic carbocycles. The van der Waals surface area contributed by atoms with Gasteiger partial charge < -0.3 is 19.7 Å². The number of carbonyl (C=O) groups is 1. The van der Waals surface area contributed by atoms with Crippen LogP contribution in [-0.4, -0.2) is 51.5 Å². The van der Waals surface area contributed by atoms with Crippen LogP contribution in [0.5, 0.6) is 5.88 Å². The summed E-state index contributed by atoms with van der Waals surface area (Å²) < 4.78 is 11.5. The first kappa shape index (κ1) is 22.2. The number of anilines is 2. The quantitative estimate of drug-likeness (QED) is 0.638. The number of rotatable bonds is 6. The van der Waals surface area contributed by atoms with E-state index >= 15 is 0 Å². The molecule has 1 aliphatic rings. The molecule has 0 radical (unpaired) electrons. The van der Waals surface area contributed by atoms with Crippen molar-refractivity contribution in [3.05, 3.63) is 36.7 Å². The fourth-order valence-electron chi connectivity index (χ4n) is 3.07. The van der Waals surface area contributed by atoms with Gasteiger partial charge in [0.25, 0.3) is 0 Å². The second-order valence-electron chi connectivity index (χ2n) is 8.11. The predicted octanol–water partition coefficient (Wildman–Crippen LogP) is 5.11. The number of piperidine rings is 1. The molecule has 1 amide bonds. The van der Waals surface area contributed by atoms with Crippen molar-refractivity contribution in [3.8, 4) is 5.88 Å². The first-order valence-corrected chi connectivity index (χ1v) is 11.3. The van der Waals surface area contributed by atoms with Gasteiger partial charge >= 0.3 is 6.09 Å². The Morgan fingerprint density at radius 3 is 2.53 bits per heavy atom. The van der Waals surface area contributed by atoms with Gasteiger partial charge in [-0.3, -0.25) is 0 Å². The molecule has 0 saturated carbocycles. The standard InChI is InChI=1S/C22H30N4O3S/c1-5-30-18-8-6-16(7-9-18)25-19-14-20(24-15-23-19)28-17-10-12-26(13-11-17)21(27)29-22(2,3)4/h6-9,14-15,17H,5,10-13H2,1-4H3,(H,23,24,25). The van der Waals surface area contributed by atoms with Gasteiger partial charge in [-0.15, -0.1) is 11.8 Å². The van der Waals surface area contributed by atoms with E-state index in [9.17, 15) is 4.79 Å². The molecule has 0 atom stereocenters. The number of aromatic nitrogens is 2. The van der Waals surface area contributed by atoms with Crippen LogP contribution in [0.15, 0.2) is 41.6 Å². The van der Waals surface area contributed by atoms with E-state index in [-0.39, 0.29) is 12.2 Å². The lowest BCUT2D eigenvalue weighted by Gasteiger charge is -2.33. The van der Waals surface area contributed by atoms with Crippen LogP contribution in [0.3, 0.4) is 0 Å². The minimum atomic E-state index is -0.482. The molecule has 1 fully saturated rings. The van der Waals surface area contributed by atoms with Crippen LogP contribution in [0.4, 0.5) is 16.3 Å². The van der Waals surface area contributed by atoms with E-state index in [1.165, 1.54) is 11.2 Å². The van der Waals surface area contributed by atoms with E-state index < -0.39 is 5.60 Å². The van der Waals surface area contributed by atoms with Crippen molar-refractivity contribution >= 4 is 29.4 Å². The van der Waals surface area contributed by atoms with E-state index in [0.717, 1.165) is 24.3 Å². The number of hydrogen-bond donors (Lipinski definition) is 1. The smallest absolute Gasteiger partial charge is 0.410 e. The third kappa shape index (κ3) is 6.79. The van der Waals surface area contributed by atoms with Gasteiger partial charge in [-0.05, 0) is 50.8 Å². The number of likely N-dealkylation sites (tertiary alicyclic amines) is 1. The van der Waals surface area contributed by atoms with Gasteiger partial charge in [0.1, 0.15) is 23.9 Å². The van der Waals surface area contributed by atoms with Gasteiger partial charge in [0.2, 0.25) is 5.88 Å². The topological polar surface area (TPSA) is 76.6 Å². The Morgan fingerprint density at radius 2 is 1.90 bits per heavy atom. The predicted molar refractivity (Wildman–Crippen MR) is 120 cm³/mol. The number of carbonyl (C=O) groups excluding carboxylic acids is 1. The van der Waals surface area contributed by atoms with E-state index in [4.69, 9.17) is 9.47 Å². The summed E-state index contributed by atoms with van der Waals surface area (Å²) in [7, 11) is 0. The zero-order valence-corrected chi connectivity index (χ0v) is 18.9. The van der Waals surface area contributed by atoms with E-state index in [1.807, 2.05) is 44.7 Å². The lowest BCUT2D eigenvalue weighted by Crippen LogP contribution is -2.44. The Kier molecular flexibility index (Phi) is 7.42. The number of hydrogen-bond acceptors (Lipinski definition) is 7. The second kappa shape index (κ2) is 10.0. The monoisotopic (exact) mass is 430 g/mol. The summed E-state index contributed by atoms with van der Waals surface area (Å²) >= 11 is 1.81. The van der Waals surface area contributed by atoms with Crippen molar-refractivity contribution in [1.82, 2.24) is 14.9 Å². The number of amides is 1. The molecular weight excluding hydrogens is 400 g/mol. The maximum atomic E-state index is 12.2. The van der Waals surface area contributed by atoms with E-state index in [1.54, 1.807) is 11.0 Å². The average Bonchev–Trinajstić information content (AvgIpc) is 2.69. The Hall–Kier alpha value is -2.48. The highest BCUT2D eigenvalue weighted by Gasteiger charge is 2.27. The lowest BCUT2D eigenvalue weighted by atomic mass is 10.1. The van der Waals surface area contributed by atoms with Crippen molar-refractivity contribution in [3.63, 3.8) is 0 Å². The fraction of sp³-hybridized carbons (Fsp3) is 0.500. The van der Waals surface area contributed by atoms with Gasteiger partial charge in [-0.2, -0.15) is 0 Å². The van der Waals surface area contributed by atoms with E-state index in [2.05, 4.69) is 34.3 Å². The van der Waals surface area contributed by atoms with Crippen molar-refractivity contribution in [1.29, 1.82) is 0 Å². The van der Waals surface area contributed by atoms with Gasteiger partial charge in [0.05, 0.1) is 0 Å². The molecule has 7 nitrogen and oxygen atoms in total. The average molecular weight is 431 g/mol. The molecule has 0 bridgehead atoms. The van der Waals surface area contributed by atoms with Crippen LogP contribution < -0.4 is 10.1 Å². The summed E-state index contributed by atoms with van der Waals surface area (Å²) in [5.41, 5.74) is 0.481. The van der Waals surface area contributed by atoms with Crippen molar-refractivity contribution < 1.29 is 14.3 Å². The Bertz CT molecular complexity index is 831. The molecule has 2 aromatic rings. The highest BCUT2D eigenvalue weighted by atomic mass is 32.2. The second-order valence-corrected chi connectivity index (χ2v) is 9.45. The maximum Gasteiger partial charge on any atom is 0.410 e. The minimum absolute atomic E-state index is 0.0109. The van der Waals surface area contributed by atoms with Crippen LogP contribution in [0, 0.1) is 0 Å². The normalized spacial score (nSPS) is 15.0. The van der Waals surface area contributed by atoms with Gasteiger partial charge in [-0.1, -0.05) is 6.92 Å². The first-order valence-electron chi connectivity index (χ1n) is 10.3. The largest absolute Gasteiger partial charge is 0.474 e. The summed E-state index contributed by atoms with van der Waals surface area (Å²) in [4.78, 5) is 23.7. The Morgan fingerprint density at radius 1 is 1.20 bits per heavy atom. The molecule has 1 aromatic heterocycles. The van der Waals surface area contributed by atoms with Gasteiger partial charge in [0, 0.05) is 42.6 Å². The fourth-order valence-corrected chi connectivity index (χ4v) is 3.74. The molecule has 1 N–H and O–H groups in total. The lowest BCUT2D eigenvalue weighted by molar-refractivity contribution is 0.0123. The summed E-state index contributed by atoms with van der Waals surface area (Å²) in [5.74, 6) is 2.26. The first-order chi connectivity index (χ1) is 14.3. The molecule has 1 aliphatic heterocycles. The molecule has 0 unspecified atom stereocenters. The molecule has 8 heteroatoms. The third-order valence-corrected chi connectivity index (χ3v) is 5.35. The summed E-state index contributed by atoms with van der Waals surface area (Å²) in [6.07, 6.45) is 2.72. The van der Waals surface area contributed by atoms with Crippen molar-refractivity contribution in [2.45, 2.75) is 57.1 Å². The third-order valence-electron chi connectivity index (χ3n) is 4.46. The van der Waals surface area contributed by atoms with Gasteiger partial charge in [0.15, 0.2) is 0 Å². The van der Waals surface area contributed by atoms with Crippen LogP contribution in [0.25, 0.3) is 0 Å². The summed E-state index contributed by atoms with van der Waals surface area (Å²) in [6, 6.07) is 10.1. The van der Waals surface area contributed by atoms with Crippen molar-refractivity contribution in [2.24, 2.45) is 0 Å². The van der Waals surface area contributed by atoms with Crippen molar-refractivity contribution in [2.75, 3.05) is 24.2 Å². The van der Waals surface area contributed by atoms with Crippen LogP contribution in [0.2, 0.25) is 0 Å². The number of thioether (sulfide) groups is 1. The highest BCUT2D eigenvalue weighted by Crippen LogP contribution is 2.24. The Balaban J connectivity index is 1.51. The minimum Gasteiger partial charge on any atom is -0.474 e. The zero-order chi connectivity index (χ0) is 21.6. The molecular formula is C22H30N4O3S. The van der Waals surface area contributed by atoms with E-state index in [0.29, 0.717) is 24.8 Å². The number of nitrogens with one attached hydrogen (secondary N) is 1. The number of benzene rings is 1. The molecule has 0 spiro atoms. The number of nitrogens with zero attached hydrogens (tertiary/aromatic N) is 3. The highest BCUT2D eigenvalue weighted by molar-refractivity contribution is 7.99. The summed E-state index contributed by atoms with van der Waals surface area (Å²) in [6.45, 7) is 8.98. The maximum absolute atomic E-state index is 12.2. The molecule has 0 aliphatic carbocycles. The molecule has 30 heavy (non-hydrogen) atoms. The number of ether oxygens (including phenoxy) is 2. The molecule has 162 valence electrons.